The van der Waals surface area contributed by atoms with Crippen molar-refractivity contribution < 1.29 is 14.4 Å². The van der Waals surface area contributed by atoms with Crippen molar-refractivity contribution >= 4 is 44.2 Å². The number of likely N-dealkylation sites (N-methyl/N-ethyl adjacent to an activating group) is 1. The minimum Gasteiger partial charge on any atom is -0.484 e. The van der Waals surface area contributed by atoms with Crippen LogP contribution in [-0.2, 0) is 4.79 Å². The number of amides is 1. The maximum absolute atomic E-state index is 13.0. The summed E-state index contributed by atoms with van der Waals surface area (Å²) in [5, 5.41) is 1.35. The molecule has 0 unspecified atom stereocenters. The normalized spacial score (nSPS) is 11.2. The molecule has 1 amide bonds. The lowest BCUT2D eigenvalue weighted by Gasteiger charge is -2.20. The predicted octanol–water partition coefficient (Wildman–Crippen LogP) is 3.12. The summed E-state index contributed by atoms with van der Waals surface area (Å²) in [6.07, 6.45) is 0. The van der Waals surface area contributed by atoms with Crippen LogP contribution in [0.1, 0.15) is 11.1 Å². The van der Waals surface area contributed by atoms with E-state index in [1.165, 1.54) is 16.0 Å². The van der Waals surface area contributed by atoms with Gasteiger partial charge in [-0.1, -0.05) is 29.0 Å². The number of aryl methyl sites for hydroxylation is 2. The molecule has 1 heterocycles. The van der Waals surface area contributed by atoms with E-state index < -0.39 is 0 Å². The molecule has 1 N–H and O–H groups in total. The van der Waals surface area contributed by atoms with Gasteiger partial charge in [-0.05, 0) is 55.3 Å². The Morgan fingerprint density at radius 2 is 1.93 bits per heavy atom. The fraction of sp³-hybridized carbons (Fsp3) is 0.333. The Labute approximate surface area is 174 Å². The number of hydrogen-bond acceptors (Lipinski definition) is 4. The number of nitrogens with zero attached hydrogens (tertiary/aromatic N) is 2. The molecule has 0 spiro atoms. The minimum absolute atomic E-state index is 0.0433. The molecule has 0 saturated carbocycles. The van der Waals surface area contributed by atoms with Crippen LogP contribution in [0.15, 0.2) is 36.4 Å². The Bertz CT molecular complexity index is 970. The number of carbonyl (C=O) groups excluding carboxylic acids is 1. The third-order valence-corrected chi connectivity index (χ3v) is 5.83. The second-order valence-electron chi connectivity index (χ2n) is 7.17. The van der Waals surface area contributed by atoms with Gasteiger partial charge in [0, 0.05) is 5.02 Å². The molecule has 28 heavy (non-hydrogen) atoms. The molecule has 5 nitrogen and oxygen atoms in total. The van der Waals surface area contributed by atoms with E-state index in [2.05, 4.69) is 40.1 Å². The summed E-state index contributed by atoms with van der Waals surface area (Å²) in [5.74, 6) is 0.510. The molecular weight excluding hydrogens is 394 g/mol. The van der Waals surface area contributed by atoms with Crippen molar-refractivity contribution in [2.45, 2.75) is 13.8 Å². The van der Waals surface area contributed by atoms with E-state index in [4.69, 9.17) is 21.3 Å². The van der Waals surface area contributed by atoms with Crippen molar-refractivity contribution in [3.05, 3.63) is 52.5 Å². The van der Waals surface area contributed by atoms with Crippen LogP contribution in [0.5, 0.6) is 5.75 Å². The first-order chi connectivity index (χ1) is 13.3. The molecule has 0 aliphatic rings. The predicted molar refractivity (Wildman–Crippen MR) is 116 cm³/mol. The molecule has 0 atom stereocenters. The van der Waals surface area contributed by atoms with E-state index in [-0.39, 0.29) is 12.5 Å². The summed E-state index contributed by atoms with van der Waals surface area (Å²) in [5.41, 5.74) is 3.29. The highest BCUT2D eigenvalue weighted by Crippen LogP contribution is 2.32. The molecule has 0 aliphatic carbocycles. The van der Waals surface area contributed by atoms with Crippen LogP contribution in [0.25, 0.3) is 10.2 Å². The SMILES string of the molecule is Cc1cc(C)c2sc(N(CC[NH+](C)C)C(=O)COc3ccc(Cl)cc3)nc2c1. The van der Waals surface area contributed by atoms with Gasteiger partial charge in [0.05, 0.1) is 37.4 Å². The molecule has 0 aliphatic heterocycles. The topological polar surface area (TPSA) is 46.9 Å². The zero-order valence-electron chi connectivity index (χ0n) is 16.6. The van der Waals surface area contributed by atoms with E-state index in [1.54, 1.807) is 40.5 Å². The van der Waals surface area contributed by atoms with Gasteiger partial charge in [0.2, 0.25) is 0 Å². The van der Waals surface area contributed by atoms with Crippen LogP contribution < -0.4 is 14.5 Å². The Morgan fingerprint density at radius 3 is 2.61 bits per heavy atom. The van der Waals surface area contributed by atoms with E-state index >= 15 is 0 Å². The number of aromatic nitrogens is 1. The van der Waals surface area contributed by atoms with Gasteiger partial charge in [0.25, 0.3) is 5.91 Å². The number of rotatable bonds is 7. The molecule has 0 fully saturated rings. The van der Waals surface area contributed by atoms with E-state index in [0.29, 0.717) is 17.3 Å². The molecule has 0 bridgehead atoms. The van der Waals surface area contributed by atoms with Crippen molar-refractivity contribution in [1.82, 2.24) is 4.98 Å². The third-order valence-electron chi connectivity index (χ3n) is 4.35. The first-order valence-electron chi connectivity index (χ1n) is 9.19. The molecule has 3 rings (SSSR count). The molecule has 3 aromatic rings. The summed E-state index contributed by atoms with van der Waals surface area (Å²) in [7, 11) is 4.14. The van der Waals surface area contributed by atoms with Gasteiger partial charge >= 0.3 is 0 Å². The molecule has 7 heteroatoms. The fourth-order valence-electron chi connectivity index (χ4n) is 2.90. The molecule has 2 aromatic carbocycles. The van der Waals surface area contributed by atoms with Crippen molar-refractivity contribution in [3.63, 3.8) is 0 Å². The maximum atomic E-state index is 13.0. The number of halogens is 1. The van der Waals surface area contributed by atoms with Crippen molar-refractivity contribution in [3.8, 4) is 5.75 Å². The van der Waals surface area contributed by atoms with Crippen LogP contribution in [-0.4, -0.2) is 44.7 Å². The smallest absolute Gasteiger partial charge is 0.266 e. The standard InChI is InChI=1S/C21H24ClN3O2S/c1-14-11-15(2)20-18(12-14)23-21(28-20)25(10-9-24(3)4)19(26)13-27-17-7-5-16(22)6-8-17/h5-8,11-12H,9-10,13H2,1-4H3/p+1. The zero-order chi connectivity index (χ0) is 20.3. The quantitative estimate of drug-likeness (QED) is 0.641. The van der Waals surface area contributed by atoms with E-state index in [9.17, 15) is 4.79 Å². The Morgan fingerprint density at radius 1 is 1.21 bits per heavy atom. The Balaban J connectivity index is 1.82. The largest absolute Gasteiger partial charge is 0.484 e. The second-order valence-corrected chi connectivity index (χ2v) is 8.59. The van der Waals surface area contributed by atoms with E-state index in [1.807, 2.05) is 0 Å². The lowest BCUT2D eigenvalue weighted by molar-refractivity contribution is -0.856. The van der Waals surface area contributed by atoms with Gasteiger partial charge in [0.15, 0.2) is 11.7 Å². The summed E-state index contributed by atoms with van der Waals surface area (Å²) in [6.45, 7) is 5.50. The molecule has 1 aromatic heterocycles. The number of quaternary nitrogens is 1. The van der Waals surface area contributed by atoms with Crippen LogP contribution in [0.4, 0.5) is 5.13 Å². The number of hydrogen-bond donors (Lipinski definition) is 1. The average molecular weight is 419 g/mol. The number of carbonyl (C=O) groups is 1. The lowest BCUT2D eigenvalue weighted by atomic mass is 10.1. The van der Waals surface area contributed by atoms with Gasteiger partial charge in [-0.2, -0.15) is 0 Å². The first-order valence-corrected chi connectivity index (χ1v) is 10.4. The lowest BCUT2D eigenvalue weighted by Crippen LogP contribution is -3.06. The van der Waals surface area contributed by atoms with E-state index in [0.717, 1.165) is 21.9 Å². The van der Waals surface area contributed by atoms with Crippen LogP contribution in [0.3, 0.4) is 0 Å². The van der Waals surface area contributed by atoms with Crippen LogP contribution >= 0.6 is 22.9 Å². The van der Waals surface area contributed by atoms with Crippen LogP contribution in [0.2, 0.25) is 5.02 Å². The molecule has 148 valence electrons. The fourth-order valence-corrected chi connectivity index (χ4v) is 4.08. The Kier molecular flexibility index (Phi) is 6.54. The van der Waals surface area contributed by atoms with Crippen molar-refractivity contribution in [2.24, 2.45) is 0 Å². The summed E-state index contributed by atoms with van der Waals surface area (Å²) >= 11 is 7.45. The Hall–Kier alpha value is -2.15. The number of nitrogens with one attached hydrogen (secondary N) is 1. The van der Waals surface area contributed by atoms with Crippen LogP contribution in [0, 0.1) is 13.8 Å². The summed E-state index contributed by atoms with van der Waals surface area (Å²) < 4.78 is 6.79. The number of ether oxygens (including phenoxy) is 1. The highest BCUT2D eigenvalue weighted by Gasteiger charge is 2.22. The average Bonchev–Trinajstić information content (AvgIpc) is 3.05. The number of fused-ring (bicyclic) bond motifs is 1. The summed E-state index contributed by atoms with van der Waals surface area (Å²) in [4.78, 5) is 20.7. The first kappa shape index (κ1) is 20.6. The number of benzene rings is 2. The van der Waals surface area contributed by atoms with Gasteiger partial charge in [-0.25, -0.2) is 4.98 Å². The maximum Gasteiger partial charge on any atom is 0.266 e. The zero-order valence-corrected chi connectivity index (χ0v) is 18.2. The molecule has 0 radical (unpaired) electrons. The van der Waals surface area contributed by atoms with Gasteiger partial charge < -0.3 is 9.64 Å². The van der Waals surface area contributed by atoms with Crippen molar-refractivity contribution in [1.29, 1.82) is 0 Å². The molecule has 0 saturated heterocycles. The highest BCUT2D eigenvalue weighted by atomic mass is 35.5. The third kappa shape index (κ3) is 5.01. The second kappa shape index (κ2) is 8.90. The summed E-state index contributed by atoms with van der Waals surface area (Å²) in [6, 6.07) is 11.2. The van der Waals surface area contributed by atoms with Gasteiger partial charge in [0.1, 0.15) is 5.75 Å². The van der Waals surface area contributed by atoms with Crippen molar-refractivity contribution in [2.75, 3.05) is 38.7 Å². The minimum atomic E-state index is -0.107. The number of thiazole rings is 1. The van der Waals surface area contributed by atoms with Gasteiger partial charge in [-0.3, -0.25) is 9.69 Å². The number of anilines is 1. The highest BCUT2D eigenvalue weighted by molar-refractivity contribution is 7.22. The van der Waals surface area contributed by atoms with Gasteiger partial charge in [-0.15, -0.1) is 0 Å². The monoisotopic (exact) mass is 418 g/mol. The molecular formula is C21H25ClN3O2S+.